The number of halogens is 5. The highest BCUT2D eigenvalue weighted by Crippen LogP contribution is 2.43. The summed E-state index contributed by atoms with van der Waals surface area (Å²) in [6, 6.07) is 5.57. The zero-order valence-electron chi connectivity index (χ0n) is 12.8. The highest BCUT2D eigenvalue weighted by Gasteiger charge is 2.52. The third-order valence-corrected chi connectivity index (χ3v) is 4.33. The van der Waals surface area contributed by atoms with Crippen LogP contribution in [0.4, 0.5) is 13.2 Å². The molecule has 0 saturated heterocycles. The van der Waals surface area contributed by atoms with E-state index in [1.165, 1.54) is 24.4 Å². The molecule has 0 bridgehead atoms. The molecule has 2 atom stereocenters. The Balaban J connectivity index is 1.97. The van der Waals surface area contributed by atoms with Gasteiger partial charge in [-0.1, -0.05) is 23.2 Å². The summed E-state index contributed by atoms with van der Waals surface area (Å²) >= 11 is 12.0. The van der Waals surface area contributed by atoms with Gasteiger partial charge in [-0.3, -0.25) is 4.79 Å². The number of fused-ring (bicyclic) bond motifs is 1. The molecule has 5 nitrogen and oxygen atoms in total. The number of carboxylic acid groups (broad SMARTS) is 1. The molecule has 1 N–H and O–H groups in total. The van der Waals surface area contributed by atoms with Crippen LogP contribution in [0.15, 0.2) is 30.5 Å². The predicted molar refractivity (Wildman–Crippen MR) is 86.1 cm³/mol. The lowest BCUT2D eigenvalue weighted by Gasteiger charge is -2.32. The molecule has 0 radical (unpaired) electrons. The van der Waals surface area contributed by atoms with E-state index < -0.39 is 24.2 Å². The Hall–Kier alpha value is -2.19. The quantitative estimate of drug-likeness (QED) is 0.794. The number of carboxylic acids is 1. The van der Waals surface area contributed by atoms with E-state index in [1.807, 2.05) is 0 Å². The van der Waals surface area contributed by atoms with Crippen molar-refractivity contribution < 1.29 is 32.5 Å². The van der Waals surface area contributed by atoms with Gasteiger partial charge >= 0.3 is 12.1 Å². The minimum atomic E-state index is -4.84. The van der Waals surface area contributed by atoms with Gasteiger partial charge in [0.1, 0.15) is 16.7 Å². The van der Waals surface area contributed by atoms with Crippen molar-refractivity contribution in [3.05, 3.63) is 46.1 Å². The third-order valence-electron chi connectivity index (χ3n) is 3.75. The minimum Gasteiger partial charge on any atom is -0.481 e. The van der Waals surface area contributed by atoms with Gasteiger partial charge in [-0.25, -0.2) is 4.98 Å². The largest absolute Gasteiger partial charge is 0.481 e. The van der Waals surface area contributed by atoms with E-state index in [9.17, 15) is 18.0 Å². The first-order chi connectivity index (χ1) is 12.2. The Kier molecular flexibility index (Phi) is 4.90. The first-order valence-corrected chi connectivity index (χ1v) is 7.99. The number of nitrogens with zero attached hydrogens (tertiary/aromatic N) is 1. The predicted octanol–water partition coefficient (Wildman–Crippen LogP) is 4.75. The number of aliphatic carboxylic acids is 1. The van der Waals surface area contributed by atoms with Crippen molar-refractivity contribution in [2.24, 2.45) is 5.92 Å². The van der Waals surface area contributed by atoms with Crippen LogP contribution in [0, 0.1) is 5.92 Å². The summed E-state index contributed by atoms with van der Waals surface area (Å²) in [5.41, 5.74) is 0.238. The molecule has 0 spiro atoms. The van der Waals surface area contributed by atoms with Crippen LogP contribution >= 0.6 is 23.2 Å². The van der Waals surface area contributed by atoms with Gasteiger partial charge in [0.05, 0.1) is 5.02 Å². The Morgan fingerprint density at radius 2 is 2.04 bits per heavy atom. The molecule has 0 unspecified atom stereocenters. The van der Waals surface area contributed by atoms with Gasteiger partial charge < -0.3 is 14.6 Å². The standard InChI is InChI=1S/C16H10Cl2F3NO4/c17-9-2-1-3-22-14(9)26-12-6-11-7(5-10(12)18)4-8(15(23)24)13(25-11)16(19,20)21/h1-3,5-6,8,13H,4H2,(H,23,24)/t8-,13+/m1/s1. The fraction of sp³-hybridized carbons (Fsp3) is 0.250. The van der Waals surface area contributed by atoms with E-state index in [4.69, 9.17) is 37.8 Å². The minimum absolute atomic E-state index is 0.0132. The third kappa shape index (κ3) is 3.66. The second-order valence-electron chi connectivity index (χ2n) is 5.51. The number of hydrogen-bond acceptors (Lipinski definition) is 4. The number of carbonyl (C=O) groups is 1. The molecule has 2 heterocycles. The number of hydrogen-bond donors (Lipinski definition) is 1. The molecule has 138 valence electrons. The van der Waals surface area contributed by atoms with E-state index in [0.29, 0.717) is 0 Å². The van der Waals surface area contributed by atoms with Gasteiger partial charge in [0.15, 0.2) is 5.75 Å². The maximum Gasteiger partial charge on any atom is 0.426 e. The fourth-order valence-corrected chi connectivity index (χ4v) is 2.93. The Bertz CT molecular complexity index is 860. The summed E-state index contributed by atoms with van der Waals surface area (Å²) < 4.78 is 49.8. The Morgan fingerprint density at radius 1 is 1.31 bits per heavy atom. The van der Waals surface area contributed by atoms with Crippen molar-refractivity contribution in [2.75, 3.05) is 0 Å². The van der Waals surface area contributed by atoms with Crippen LogP contribution in [-0.2, 0) is 11.2 Å². The second kappa shape index (κ2) is 6.85. The molecule has 26 heavy (non-hydrogen) atoms. The van der Waals surface area contributed by atoms with Crippen molar-refractivity contribution in [3.8, 4) is 17.4 Å². The van der Waals surface area contributed by atoms with Crippen LogP contribution in [0.5, 0.6) is 17.4 Å². The van der Waals surface area contributed by atoms with Gasteiger partial charge in [-0.2, -0.15) is 13.2 Å². The first kappa shape index (κ1) is 18.6. The van der Waals surface area contributed by atoms with Crippen molar-refractivity contribution in [1.29, 1.82) is 0 Å². The molecule has 0 amide bonds. The summed E-state index contributed by atoms with van der Waals surface area (Å²) in [6.45, 7) is 0. The summed E-state index contributed by atoms with van der Waals surface area (Å²) in [7, 11) is 0. The van der Waals surface area contributed by atoms with Crippen molar-refractivity contribution in [2.45, 2.75) is 18.7 Å². The van der Waals surface area contributed by atoms with E-state index in [2.05, 4.69) is 4.98 Å². The van der Waals surface area contributed by atoms with Gasteiger partial charge in [-0.15, -0.1) is 0 Å². The number of alkyl halides is 3. The lowest BCUT2D eigenvalue weighted by Crippen LogP contribution is -2.47. The lowest BCUT2D eigenvalue weighted by molar-refractivity contribution is -0.217. The van der Waals surface area contributed by atoms with E-state index >= 15 is 0 Å². The molecule has 0 fully saturated rings. The molecule has 0 saturated carbocycles. The summed E-state index contributed by atoms with van der Waals surface area (Å²) in [5, 5.41) is 9.33. The topological polar surface area (TPSA) is 68.7 Å². The summed E-state index contributed by atoms with van der Waals surface area (Å²) in [4.78, 5) is 15.1. The fourth-order valence-electron chi connectivity index (χ4n) is 2.55. The van der Waals surface area contributed by atoms with Crippen molar-refractivity contribution >= 4 is 29.2 Å². The number of aromatic nitrogens is 1. The van der Waals surface area contributed by atoms with E-state index in [0.717, 1.165) is 0 Å². The molecule has 10 heteroatoms. The number of rotatable bonds is 3. The summed E-state index contributed by atoms with van der Waals surface area (Å²) in [5.74, 6) is -3.52. The number of pyridine rings is 1. The normalized spacial score (nSPS) is 19.4. The smallest absolute Gasteiger partial charge is 0.426 e. The average Bonchev–Trinajstić information content (AvgIpc) is 2.55. The zero-order chi connectivity index (χ0) is 19.1. The molecule has 2 aromatic rings. The van der Waals surface area contributed by atoms with Crippen LogP contribution in [0.1, 0.15) is 5.56 Å². The number of ether oxygens (including phenoxy) is 2. The Labute approximate surface area is 155 Å². The van der Waals surface area contributed by atoms with Gasteiger partial charge in [0, 0.05) is 12.3 Å². The molecule has 1 aromatic heterocycles. The van der Waals surface area contributed by atoms with Crippen molar-refractivity contribution in [1.82, 2.24) is 4.98 Å². The molecule has 1 aromatic carbocycles. The maximum absolute atomic E-state index is 13.2. The molecule has 3 rings (SSSR count). The average molecular weight is 408 g/mol. The molecule has 1 aliphatic heterocycles. The van der Waals surface area contributed by atoms with Crippen molar-refractivity contribution in [3.63, 3.8) is 0 Å². The first-order valence-electron chi connectivity index (χ1n) is 7.24. The van der Waals surface area contributed by atoms with Gasteiger partial charge in [0.2, 0.25) is 12.0 Å². The van der Waals surface area contributed by atoms with Crippen LogP contribution in [0.2, 0.25) is 10.0 Å². The van der Waals surface area contributed by atoms with Crippen LogP contribution in [0.3, 0.4) is 0 Å². The van der Waals surface area contributed by atoms with Crippen LogP contribution in [0.25, 0.3) is 0 Å². The van der Waals surface area contributed by atoms with Gasteiger partial charge in [0.25, 0.3) is 0 Å². The lowest BCUT2D eigenvalue weighted by atomic mass is 9.90. The Morgan fingerprint density at radius 3 is 2.65 bits per heavy atom. The van der Waals surface area contributed by atoms with E-state index in [-0.39, 0.29) is 39.4 Å². The number of benzene rings is 1. The van der Waals surface area contributed by atoms with E-state index in [1.54, 1.807) is 6.07 Å². The SMILES string of the molecule is O=C(O)[C@@H]1Cc2cc(Cl)c(Oc3ncccc3Cl)cc2O[C@@H]1C(F)(F)F. The zero-order valence-corrected chi connectivity index (χ0v) is 14.3. The monoisotopic (exact) mass is 407 g/mol. The van der Waals surface area contributed by atoms with Crippen LogP contribution < -0.4 is 9.47 Å². The summed E-state index contributed by atoms with van der Waals surface area (Å²) in [6.07, 6.45) is -6.27. The van der Waals surface area contributed by atoms with Gasteiger partial charge in [-0.05, 0) is 30.2 Å². The molecular weight excluding hydrogens is 398 g/mol. The van der Waals surface area contributed by atoms with Crippen LogP contribution in [-0.4, -0.2) is 28.3 Å². The molecule has 1 aliphatic rings. The highest BCUT2D eigenvalue weighted by molar-refractivity contribution is 6.32. The molecule has 0 aliphatic carbocycles. The maximum atomic E-state index is 13.2. The second-order valence-corrected chi connectivity index (χ2v) is 6.33. The highest BCUT2D eigenvalue weighted by atomic mass is 35.5. The molecular formula is C16H10Cl2F3NO4.